The fraction of sp³-hybridized carbons (Fsp3) is 0.536. The maximum Gasteiger partial charge on any atom is 0.414 e. The molecule has 2 N–H and O–H groups in total. The van der Waals surface area contributed by atoms with Gasteiger partial charge in [0.05, 0.1) is 0 Å². The normalized spacial score (nSPS) is 30.7. The highest BCUT2D eigenvalue weighted by Crippen LogP contribution is 2.57. The van der Waals surface area contributed by atoms with E-state index in [9.17, 15) is 14.0 Å². The molecule has 2 unspecified atom stereocenters. The Bertz CT molecular complexity index is 1180. The molecule has 196 valence electrons. The number of halogens is 1. The van der Waals surface area contributed by atoms with Gasteiger partial charge >= 0.3 is 6.09 Å². The number of benzene rings is 1. The zero-order chi connectivity index (χ0) is 25.6. The zero-order valence-corrected chi connectivity index (χ0v) is 21.2. The number of piperazine rings is 1. The molecule has 2 atom stereocenters. The molecule has 2 aromatic rings. The van der Waals surface area contributed by atoms with Crippen molar-refractivity contribution in [2.75, 3.05) is 38.1 Å². The molecule has 7 rings (SSSR count). The van der Waals surface area contributed by atoms with Crippen molar-refractivity contribution in [2.45, 2.75) is 49.6 Å². The topological polar surface area (TPSA) is 86.8 Å². The van der Waals surface area contributed by atoms with Crippen molar-refractivity contribution in [3.63, 3.8) is 0 Å². The Morgan fingerprint density at radius 1 is 0.973 bits per heavy atom. The number of likely N-dealkylation sites (N-methyl/N-ethyl adjacent to an activating group) is 1. The summed E-state index contributed by atoms with van der Waals surface area (Å²) in [7, 11) is 2.11. The number of anilines is 1. The third-order valence-corrected chi connectivity index (χ3v) is 8.63. The number of hydrogen-bond acceptors (Lipinski definition) is 6. The molecule has 1 saturated heterocycles. The number of amides is 2. The minimum absolute atomic E-state index is 0.260. The summed E-state index contributed by atoms with van der Waals surface area (Å²) in [5, 5.41) is 6.44. The highest BCUT2D eigenvalue weighted by Gasteiger charge is 2.59. The maximum absolute atomic E-state index is 13.7. The second-order valence-corrected chi connectivity index (χ2v) is 11.6. The Morgan fingerprint density at radius 2 is 1.65 bits per heavy atom. The van der Waals surface area contributed by atoms with Crippen LogP contribution in [0.25, 0.3) is 0 Å². The first-order valence-corrected chi connectivity index (χ1v) is 13.3. The summed E-state index contributed by atoms with van der Waals surface area (Å²) in [5.74, 6) is 1.26. The van der Waals surface area contributed by atoms with Gasteiger partial charge < -0.3 is 25.2 Å². The van der Waals surface area contributed by atoms with Crippen LogP contribution in [0.3, 0.4) is 0 Å². The van der Waals surface area contributed by atoms with Crippen LogP contribution in [-0.2, 0) is 0 Å². The first-order chi connectivity index (χ1) is 17.8. The third kappa shape index (κ3) is 5.01. The summed E-state index contributed by atoms with van der Waals surface area (Å²) in [6.45, 7) is 3.70. The molecule has 2 amide bonds. The van der Waals surface area contributed by atoms with Crippen LogP contribution in [0, 0.1) is 17.7 Å². The smallest absolute Gasteiger partial charge is 0.391 e. The first-order valence-electron chi connectivity index (χ1n) is 13.3. The van der Waals surface area contributed by atoms with Gasteiger partial charge in [-0.25, -0.2) is 9.18 Å². The van der Waals surface area contributed by atoms with E-state index >= 15 is 0 Å². The molecule has 1 aliphatic heterocycles. The Balaban J connectivity index is 1.14. The van der Waals surface area contributed by atoms with Crippen LogP contribution in [0.1, 0.15) is 48.9 Å². The van der Waals surface area contributed by atoms with Crippen LogP contribution in [0.2, 0.25) is 0 Å². The maximum atomic E-state index is 13.7. The molecule has 9 heteroatoms. The fourth-order valence-electron chi connectivity index (χ4n) is 7.51. The second-order valence-electron chi connectivity index (χ2n) is 11.6. The molecule has 1 aromatic heterocycles. The van der Waals surface area contributed by atoms with E-state index in [1.165, 1.54) is 12.1 Å². The van der Waals surface area contributed by atoms with Gasteiger partial charge in [-0.1, -0.05) is 12.1 Å². The highest BCUT2D eigenvalue weighted by molar-refractivity contribution is 5.94. The van der Waals surface area contributed by atoms with Crippen molar-refractivity contribution in [3.05, 3.63) is 53.8 Å². The van der Waals surface area contributed by atoms with Crippen molar-refractivity contribution in [3.8, 4) is 5.88 Å². The molecule has 8 nitrogen and oxygen atoms in total. The summed E-state index contributed by atoms with van der Waals surface area (Å²) < 4.78 is 19.4. The quantitative estimate of drug-likeness (QED) is 0.644. The number of hydrogen-bond donors (Lipinski definition) is 2. The number of nitrogens with one attached hydrogen (secondary N) is 2. The van der Waals surface area contributed by atoms with Crippen molar-refractivity contribution < 1.29 is 18.7 Å². The van der Waals surface area contributed by atoms with Crippen LogP contribution in [0.4, 0.5) is 15.0 Å². The van der Waals surface area contributed by atoms with Crippen molar-refractivity contribution >= 4 is 17.8 Å². The minimum Gasteiger partial charge on any atom is -0.391 e. The van der Waals surface area contributed by atoms with Crippen molar-refractivity contribution in [1.29, 1.82) is 0 Å². The van der Waals surface area contributed by atoms with Crippen LogP contribution in [0.5, 0.6) is 5.88 Å². The molecule has 5 fully saturated rings. The molecule has 2 heterocycles. The number of carbonyl (C=O) groups is 2. The molecule has 0 spiro atoms. The molecule has 5 aliphatic rings. The third-order valence-electron chi connectivity index (χ3n) is 8.63. The fourth-order valence-corrected chi connectivity index (χ4v) is 7.51. The molecule has 4 bridgehead atoms. The number of ether oxygens (including phenoxy) is 1. The van der Waals surface area contributed by atoms with Crippen LogP contribution >= 0.6 is 0 Å². The number of nitrogens with zero attached hydrogens (tertiary/aromatic N) is 3. The van der Waals surface area contributed by atoms with Crippen molar-refractivity contribution in [2.24, 2.45) is 11.8 Å². The first kappa shape index (κ1) is 24.2. The Kier molecular flexibility index (Phi) is 6.06. The van der Waals surface area contributed by atoms with E-state index in [1.54, 1.807) is 18.2 Å². The van der Waals surface area contributed by atoms with E-state index in [1.807, 2.05) is 12.1 Å². The van der Waals surface area contributed by atoms with Gasteiger partial charge in [0.1, 0.15) is 11.6 Å². The van der Waals surface area contributed by atoms with Gasteiger partial charge in [-0.3, -0.25) is 4.79 Å². The van der Waals surface area contributed by atoms with Gasteiger partial charge in [0, 0.05) is 48.9 Å². The second kappa shape index (κ2) is 9.28. The van der Waals surface area contributed by atoms with Gasteiger partial charge in [-0.2, -0.15) is 4.98 Å². The van der Waals surface area contributed by atoms with E-state index in [2.05, 4.69) is 32.5 Å². The predicted octanol–water partition coefficient (Wildman–Crippen LogP) is 3.58. The summed E-state index contributed by atoms with van der Waals surface area (Å²) in [6, 6.07) is 11.3. The SMILES string of the molecule is CN1CCN(c2cccc(OC(=O)NC34CC5CC(C3)CC(NC(=O)c3cccc(F)c3)(C5)C4)n2)CC1. The lowest BCUT2D eigenvalue weighted by molar-refractivity contribution is -0.0449. The van der Waals surface area contributed by atoms with Gasteiger partial charge in [0.15, 0.2) is 0 Å². The number of pyridine rings is 1. The van der Waals surface area contributed by atoms with E-state index < -0.39 is 23.0 Å². The van der Waals surface area contributed by atoms with E-state index in [-0.39, 0.29) is 11.8 Å². The molecule has 4 saturated carbocycles. The average molecular weight is 508 g/mol. The van der Waals surface area contributed by atoms with Crippen LogP contribution < -0.4 is 20.3 Å². The summed E-state index contributed by atoms with van der Waals surface area (Å²) >= 11 is 0. The van der Waals surface area contributed by atoms with E-state index in [0.29, 0.717) is 23.8 Å². The molecule has 4 aliphatic carbocycles. The summed E-state index contributed by atoms with van der Waals surface area (Å²) in [4.78, 5) is 35.2. The van der Waals surface area contributed by atoms with Gasteiger partial charge in [0.25, 0.3) is 5.91 Å². The monoisotopic (exact) mass is 507 g/mol. The predicted molar refractivity (Wildman–Crippen MR) is 137 cm³/mol. The summed E-state index contributed by atoms with van der Waals surface area (Å²) in [6.07, 6.45) is 4.80. The number of aromatic nitrogens is 1. The highest BCUT2D eigenvalue weighted by atomic mass is 19.1. The zero-order valence-electron chi connectivity index (χ0n) is 21.2. The van der Waals surface area contributed by atoms with Crippen LogP contribution in [-0.4, -0.2) is 66.2 Å². The number of carbonyl (C=O) groups excluding carboxylic acids is 2. The van der Waals surface area contributed by atoms with E-state index in [0.717, 1.165) is 64.1 Å². The lowest BCUT2D eigenvalue weighted by Crippen LogP contribution is -2.70. The largest absolute Gasteiger partial charge is 0.414 e. The lowest BCUT2D eigenvalue weighted by atomic mass is 9.50. The van der Waals surface area contributed by atoms with Gasteiger partial charge in [-0.15, -0.1) is 0 Å². The molecule has 0 radical (unpaired) electrons. The van der Waals surface area contributed by atoms with E-state index in [4.69, 9.17) is 4.74 Å². The molecular weight excluding hydrogens is 473 g/mol. The molecular formula is C28H34FN5O3. The Hall–Kier alpha value is -3.20. The standard InChI is InChI=1S/C28H34FN5O3/c1-33-8-10-34(11-9-33)23-6-3-7-24(30-23)37-26(36)32-28-16-19-12-20(17-28)15-27(14-19,18-28)31-25(35)21-4-2-5-22(29)13-21/h2-7,13,19-20H,8-12,14-18H2,1H3,(H,31,35)(H,32,36). The van der Waals surface area contributed by atoms with Gasteiger partial charge in [-0.05, 0) is 81.7 Å². The summed E-state index contributed by atoms with van der Waals surface area (Å²) in [5.41, 5.74) is -0.505. The lowest BCUT2D eigenvalue weighted by Gasteiger charge is -2.62. The van der Waals surface area contributed by atoms with Crippen LogP contribution in [0.15, 0.2) is 42.5 Å². The Morgan fingerprint density at radius 3 is 2.35 bits per heavy atom. The van der Waals surface area contributed by atoms with Crippen molar-refractivity contribution in [1.82, 2.24) is 20.5 Å². The Labute approximate surface area is 216 Å². The molecule has 37 heavy (non-hydrogen) atoms. The average Bonchev–Trinajstić information content (AvgIpc) is 2.83. The molecule has 1 aromatic carbocycles. The van der Waals surface area contributed by atoms with Gasteiger partial charge in [0.2, 0.25) is 5.88 Å². The number of rotatable bonds is 5. The minimum atomic E-state index is -0.503.